The number of nitrogens with one attached hydrogen (secondary N) is 2. The molecule has 1 amide bonds. The van der Waals surface area contributed by atoms with Gasteiger partial charge in [-0.25, -0.2) is 4.79 Å². The van der Waals surface area contributed by atoms with E-state index < -0.39 is 5.97 Å². The average molecular weight is 252 g/mol. The van der Waals surface area contributed by atoms with Gasteiger partial charge in [0.25, 0.3) is 0 Å². The highest BCUT2D eigenvalue weighted by Gasteiger charge is 2.21. The summed E-state index contributed by atoms with van der Waals surface area (Å²) in [5, 5.41) is 11.6. The van der Waals surface area contributed by atoms with Crippen molar-refractivity contribution in [2.45, 2.75) is 32.3 Å². The average Bonchev–Trinajstić information content (AvgIpc) is 2.88. The summed E-state index contributed by atoms with van der Waals surface area (Å²) in [6.07, 6.45) is 3.57. The van der Waals surface area contributed by atoms with Crippen LogP contribution < -0.4 is 5.32 Å². The number of H-pyrrole nitrogens is 1. The first-order valence-electron chi connectivity index (χ1n) is 5.90. The number of aromatic nitrogens is 1. The second kappa shape index (κ2) is 5.22. The van der Waals surface area contributed by atoms with Crippen molar-refractivity contribution in [2.24, 2.45) is 0 Å². The maximum Gasteiger partial charge on any atom is 0.339 e. The highest BCUT2D eigenvalue weighted by Crippen LogP contribution is 2.21. The van der Waals surface area contributed by atoms with E-state index in [0.717, 1.165) is 12.8 Å². The fraction of sp³-hybridized carbons (Fsp3) is 0.500. The van der Waals surface area contributed by atoms with Crippen molar-refractivity contribution in [1.29, 1.82) is 0 Å². The molecule has 3 N–H and O–H groups in total. The minimum Gasteiger partial charge on any atom is -0.478 e. The lowest BCUT2D eigenvalue weighted by molar-refractivity contribution is -0.118. The molecule has 6 heteroatoms. The molecule has 6 nitrogen and oxygen atoms in total. The van der Waals surface area contributed by atoms with Gasteiger partial charge in [0.2, 0.25) is 5.91 Å². The highest BCUT2D eigenvalue weighted by molar-refractivity contribution is 6.01. The first kappa shape index (κ1) is 12.6. The zero-order chi connectivity index (χ0) is 13.1. The molecule has 1 aliphatic rings. The van der Waals surface area contributed by atoms with E-state index in [1.807, 2.05) is 0 Å². The van der Waals surface area contributed by atoms with E-state index in [-0.39, 0.29) is 24.0 Å². The molecule has 0 spiro atoms. The summed E-state index contributed by atoms with van der Waals surface area (Å²) in [5.74, 6) is -1.27. The second-order valence-corrected chi connectivity index (χ2v) is 4.39. The van der Waals surface area contributed by atoms with Crippen LogP contribution in [-0.4, -0.2) is 34.7 Å². The van der Waals surface area contributed by atoms with Crippen molar-refractivity contribution in [3.63, 3.8) is 0 Å². The van der Waals surface area contributed by atoms with E-state index in [2.05, 4.69) is 10.3 Å². The van der Waals surface area contributed by atoms with Crippen LogP contribution in [0.25, 0.3) is 0 Å². The Bertz CT molecular complexity index is 461. The molecular formula is C12H16N2O4. The van der Waals surface area contributed by atoms with Gasteiger partial charge in [-0.15, -0.1) is 0 Å². The van der Waals surface area contributed by atoms with Crippen LogP contribution in [0.15, 0.2) is 6.20 Å². The van der Waals surface area contributed by atoms with Crippen molar-refractivity contribution in [3.8, 4) is 0 Å². The smallest absolute Gasteiger partial charge is 0.339 e. The molecule has 0 aromatic carbocycles. The summed E-state index contributed by atoms with van der Waals surface area (Å²) >= 11 is 0. The summed E-state index contributed by atoms with van der Waals surface area (Å²) in [6, 6.07) is 0. The molecular weight excluding hydrogens is 236 g/mol. The molecule has 1 aliphatic heterocycles. The van der Waals surface area contributed by atoms with Gasteiger partial charge in [0, 0.05) is 18.5 Å². The Balaban J connectivity index is 2.00. The number of hydrogen-bond acceptors (Lipinski definition) is 3. The molecule has 1 unspecified atom stereocenters. The van der Waals surface area contributed by atoms with Crippen molar-refractivity contribution in [2.75, 3.05) is 11.9 Å². The Kier molecular flexibility index (Phi) is 3.66. The third-order valence-corrected chi connectivity index (χ3v) is 3.00. The zero-order valence-corrected chi connectivity index (χ0v) is 10.2. The number of carbonyl (C=O) groups excluding carboxylic acids is 1. The van der Waals surface area contributed by atoms with Gasteiger partial charge in [-0.3, -0.25) is 4.79 Å². The number of aromatic carboxylic acids is 1. The third-order valence-electron chi connectivity index (χ3n) is 3.00. The van der Waals surface area contributed by atoms with Crippen LogP contribution >= 0.6 is 0 Å². The van der Waals surface area contributed by atoms with Gasteiger partial charge < -0.3 is 20.1 Å². The van der Waals surface area contributed by atoms with Crippen LogP contribution in [0.5, 0.6) is 0 Å². The lowest BCUT2D eigenvalue weighted by atomic mass is 10.1. The molecule has 2 rings (SSSR count). The van der Waals surface area contributed by atoms with Gasteiger partial charge >= 0.3 is 5.97 Å². The summed E-state index contributed by atoms with van der Waals surface area (Å²) in [5.41, 5.74) is 0.939. The minimum absolute atomic E-state index is 0.0432. The molecule has 18 heavy (non-hydrogen) atoms. The molecule has 1 aromatic rings. The second-order valence-electron chi connectivity index (χ2n) is 4.39. The summed E-state index contributed by atoms with van der Waals surface area (Å²) < 4.78 is 5.36. The number of carbonyl (C=O) groups is 2. The molecule has 0 saturated carbocycles. The number of carboxylic acid groups (broad SMARTS) is 1. The normalized spacial score (nSPS) is 18.8. The predicted octanol–water partition coefficient (Wildman–Crippen LogP) is 1.53. The molecule has 1 fully saturated rings. The topological polar surface area (TPSA) is 91.4 Å². The fourth-order valence-corrected chi connectivity index (χ4v) is 2.11. The van der Waals surface area contributed by atoms with Gasteiger partial charge in [0.05, 0.1) is 18.2 Å². The third kappa shape index (κ3) is 2.70. The van der Waals surface area contributed by atoms with Gasteiger partial charge in [-0.1, -0.05) is 0 Å². The van der Waals surface area contributed by atoms with Gasteiger partial charge in [-0.2, -0.15) is 0 Å². The molecule has 1 atom stereocenters. The quantitative estimate of drug-likeness (QED) is 0.757. The molecule has 2 heterocycles. The SMILES string of the molecule is Cc1[nH]cc(NC(=O)CC2CCCO2)c1C(=O)O. The predicted molar refractivity (Wildman–Crippen MR) is 64.7 cm³/mol. The van der Waals surface area contributed by atoms with E-state index >= 15 is 0 Å². The van der Waals surface area contributed by atoms with E-state index in [0.29, 0.717) is 18.0 Å². The zero-order valence-electron chi connectivity index (χ0n) is 10.2. The van der Waals surface area contributed by atoms with Crippen LogP contribution in [0.4, 0.5) is 5.69 Å². The summed E-state index contributed by atoms with van der Waals surface area (Å²) in [4.78, 5) is 25.6. The van der Waals surface area contributed by atoms with Crippen LogP contribution in [0, 0.1) is 6.92 Å². The van der Waals surface area contributed by atoms with Crippen molar-refractivity contribution in [3.05, 3.63) is 17.5 Å². The Labute approximate surface area is 104 Å². The first-order chi connectivity index (χ1) is 8.58. The van der Waals surface area contributed by atoms with E-state index in [1.54, 1.807) is 6.92 Å². The largest absolute Gasteiger partial charge is 0.478 e. The number of hydrogen-bond donors (Lipinski definition) is 3. The van der Waals surface area contributed by atoms with E-state index in [9.17, 15) is 9.59 Å². The molecule has 98 valence electrons. The Hall–Kier alpha value is -1.82. The maximum absolute atomic E-state index is 11.8. The molecule has 0 bridgehead atoms. The number of amides is 1. The number of aromatic amines is 1. The van der Waals surface area contributed by atoms with Crippen LogP contribution in [0.1, 0.15) is 35.3 Å². The van der Waals surface area contributed by atoms with Crippen LogP contribution in [0.2, 0.25) is 0 Å². The monoisotopic (exact) mass is 252 g/mol. The number of carboxylic acids is 1. The summed E-state index contributed by atoms with van der Waals surface area (Å²) in [7, 11) is 0. The van der Waals surface area contributed by atoms with Crippen molar-refractivity contribution >= 4 is 17.6 Å². The molecule has 0 radical (unpaired) electrons. The Morgan fingerprint density at radius 1 is 1.61 bits per heavy atom. The maximum atomic E-state index is 11.8. The van der Waals surface area contributed by atoms with Crippen LogP contribution in [0.3, 0.4) is 0 Å². The number of rotatable bonds is 4. The van der Waals surface area contributed by atoms with Crippen molar-refractivity contribution in [1.82, 2.24) is 4.98 Å². The van der Waals surface area contributed by atoms with Gasteiger partial charge in [0.15, 0.2) is 0 Å². The Morgan fingerprint density at radius 3 is 3.00 bits per heavy atom. The number of aryl methyl sites for hydroxylation is 1. The fourth-order valence-electron chi connectivity index (χ4n) is 2.11. The van der Waals surface area contributed by atoms with Gasteiger partial charge in [-0.05, 0) is 19.8 Å². The number of ether oxygens (including phenoxy) is 1. The van der Waals surface area contributed by atoms with Crippen molar-refractivity contribution < 1.29 is 19.4 Å². The van der Waals surface area contributed by atoms with E-state index in [4.69, 9.17) is 9.84 Å². The molecule has 0 aliphatic carbocycles. The molecule has 1 aromatic heterocycles. The minimum atomic E-state index is -1.05. The first-order valence-corrected chi connectivity index (χ1v) is 5.90. The van der Waals surface area contributed by atoms with Crippen LogP contribution in [-0.2, 0) is 9.53 Å². The highest BCUT2D eigenvalue weighted by atomic mass is 16.5. The number of anilines is 1. The van der Waals surface area contributed by atoms with Gasteiger partial charge in [0.1, 0.15) is 5.56 Å². The van der Waals surface area contributed by atoms with E-state index in [1.165, 1.54) is 6.20 Å². The Morgan fingerprint density at radius 2 is 2.39 bits per heavy atom. The lowest BCUT2D eigenvalue weighted by Gasteiger charge is -2.09. The standard InChI is InChI=1S/C12H16N2O4/c1-7-11(12(16)17)9(6-13-7)14-10(15)5-8-3-2-4-18-8/h6,8,13H,2-5H2,1H3,(H,14,15)(H,16,17). The molecule has 1 saturated heterocycles. The summed E-state index contributed by atoms with van der Waals surface area (Å²) in [6.45, 7) is 2.35. The lowest BCUT2D eigenvalue weighted by Crippen LogP contribution is -2.20.